The van der Waals surface area contributed by atoms with E-state index in [9.17, 15) is 8.42 Å². The Morgan fingerprint density at radius 3 is 2.70 bits per heavy atom. The number of nitrogens with one attached hydrogen (secondary N) is 2. The number of aromatic nitrogens is 2. The molecule has 2 rings (SSSR count). The van der Waals surface area contributed by atoms with Gasteiger partial charge in [-0.1, -0.05) is 6.07 Å². The number of aromatic amines is 1. The van der Waals surface area contributed by atoms with Crippen LogP contribution in [0.15, 0.2) is 29.3 Å². The van der Waals surface area contributed by atoms with E-state index in [1.807, 2.05) is 13.8 Å². The molecule has 0 fully saturated rings. The van der Waals surface area contributed by atoms with Crippen molar-refractivity contribution in [2.45, 2.75) is 25.3 Å². The summed E-state index contributed by atoms with van der Waals surface area (Å²) in [6.45, 7) is 3.85. The number of hydrogen-bond acceptors (Lipinski definition) is 4. The molecule has 0 aliphatic carbocycles. The number of nitrogens with zero attached hydrogens (tertiary/aromatic N) is 1. The third-order valence-electron chi connectivity index (χ3n) is 3.00. The highest BCUT2D eigenvalue weighted by atomic mass is 32.2. The number of sulfonamides is 1. The van der Waals surface area contributed by atoms with Gasteiger partial charge in [-0.3, -0.25) is 5.10 Å². The molecular formula is C13H17N3O3S. The fourth-order valence-corrected chi connectivity index (χ4v) is 3.06. The van der Waals surface area contributed by atoms with E-state index in [4.69, 9.17) is 4.74 Å². The zero-order valence-corrected chi connectivity index (χ0v) is 12.4. The summed E-state index contributed by atoms with van der Waals surface area (Å²) in [5.74, 6) is 0.326. The smallest absolute Gasteiger partial charge is 0.244 e. The van der Waals surface area contributed by atoms with Crippen molar-refractivity contribution in [2.75, 3.05) is 7.11 Å². The molecule has 0 unspecified atom stereocenters. The van der Waals surface area contributed by atoms with Crippen LogP contribution in [0.5, 0.6) is 5.75 Å². The van der Waals surface area contributed by atoms with Gasteiger partial charge in [0.1, 0.15) is 10.6 Å². The average Bonchev–Trinajstić information content (AvgIpc) is 2.82. The van der Waals surface area contributed by atoms with Crippen molar-refractivity contribution < 1.29 is 13.2 Å². The van der Waals surface area contributed by atoms with Crippen LogP contribution in [0.2, 0.25) is 0 Å². The number of benzene rings is 1. The van der Waals surface area contributed by atoms with Gasteiger partial charge in [0, 0.05) is 17.8 Å². The van der Waals surface area contributed by atoms with Crippen molar-refractivity contribution in [3.8, 4) is 5.75 Å². The van der Waals surface area contributed by atoms with Crippen molar-refractivity contribution in [3.05, 3.63) is 41.2 Å². The second kappa shape index (κ2) is 5.64. The van der Waals surface area contributed by atoms with Crippen LogP contribution < -0.4 is 9.46 Å². The Kier molecular flexibility index (Phi) is 4.10. The summed E-state index contributed by atoms with van der Waals surface area (Å²) in [5.41, 5.74) is 2.50. The number of hydrogen-bond donors (Lipinski definition) is 2. The molecule has 0 radical (unpaired) electrons. The predicted octanol–water partition coefficient (Wildman–Crippen LogP) is 1.51. The van der Waals surface area contributed by atoms with Crippen LogP contribution in [-0.2, 0) is 16.6 Å². The van der Waals surface area contributed by atoms with Crippen LogP contribution in [-0.4, -0.2) is 25.7 Å². The minimum absolute atomic E-state index is 0.140. The third kappa shape index (κ3) is 3.00. The van der Waals surface area contributed by atoms with Gasteiger partial charge < -0.3 is 4.74 Å². The lowest BCUT2D eigenvalue weighted by Gasteiger charge is -2.11. The molecule has 20 heavy (non-hydrogen) atoms. The number of rotatable bonds is 5. The average molecular weight is 295 g/mol. The van der Waals surface area contributed by atoms with Crippen molar-refractivity contribution >= 4 is 10.0 Å². The summed E-state index contributed by atoms with van der Waals surface area (Å²) in [6, 6.07) is 5.04. The van der Waals surface area contributed by atoms with Gasteiger partial charge in [0.15, 0.2) is 0 Å². The Hall–Kier alpha value is -1.86. The first-order chi connectivity index (χ1) is 9.44. The zero-order valence-electron chi connectivity index (χ0n) is 11.6. The van der Waals surface area contributed by atoms with Gasteiger partial charge in [-0.2, -0.15) is 5.10 Å². The summed E-state index contributed by atoms with van der Waals surface area (Å²) in [6.07, 6.45) is 1.60. The first kappa shape index (κ1) is 14.5. The molecule has 0 spiro atoms. The maximum absolute atomic E-state index is 12.3. The Balaban J connectivity index is 2.26. The number of methoxy groups -OCH3 is 1. The van der Waals surface area contributed by atoms with E-state index in [2.05, 4.69) is 14.9 Å². The third-order valence-corrected chi connectivity index (χ3v) is 4.42. The molecule has 2 aromatic rings. The largest absolute Gasteiger partial charge is 0.495 e. The highest BCUT2D eigenvalue weighted by Crippen LogP contribution is 2.24. The summed E-state index contributed by atoms with van der Waals surface area (Å²) in [7, 11) is -2.19. The van der Waals surface area contributed by atoms with Gasteiger partial charge in [-0.15, -0.1) is 0 Å². The minimum atomic E-state index is -3.64. The predicted molar refractivity (Wildman–Crippen MR) is 75.1 cm³/mol. The molecule has 2 N–H and O–H groups in total. The van der Waals surface area contributed by atoms with Crippen molar-refractivity contribution in [1.29, 1.82) is 0 Å². The monoisotopic (exact) mass is 295 g/mol. The van der Waals surface area contributed by atoms with E-state index >= 15 is 0 Å². The van der Waals surface area contributed by atoms with Gasteiger partial charge in [0.2, 0.25) is 10.0 Å². The number of ether oxygens (including phenoxy) is 1. The fourth-order valence-electron chi connectivity index (χ4n) is 1.80. The molecular weight excluding hydrogens is 278 g/mol. The quantitative estimate of drug-likeness (QED) is 0.876. The molecule has 0 amide bonds. The minimum Gasteiger partial charge on any atom is -0.495 e. The van der Waals surface area contributed by atoms with Crippen molar-refractivity contribution in [3.63, 3.8) is 0 Å². The molecule has 0 atom stereocenters. The van der Waals surface area contributed by atoms with E-state index in [0.29, 0.717) is 5.75 Å². The normalized spacial score (nSPS) is 11.6. The molecule has 6 nitrogen and oxygen atoms in total. The Bertz CT molecular complexity index is 707. The molecule has 1 aromatic carbocycles. The van der Waals surface area contributed by atoms with Gasteiger partial charge in [0.25, 0.3) is 0 Å². The molecule has 0 aliphatic rings. The Labute approximate surface area is 118 Å². The standard InChI is InChI=1S/C13H17N3O3S/c1-9-4-5-12(19-3)13(6-9)20(17,18)15-8-11-7-14-16-10(11)2/h4-7,15H,8H2,1-3H3,(H,14,16). The molecule has 1 aromatic heterocycles. The first-order valence-corrected chi connectivity index (χ1v) is 7.55. The molecule has 0 bridgehead atoms. The molecule has 1 heterocycles. The maximum Gasteiger partial charge on any atom is 0.244 e. The van der Waals surface area contributed by atoms with E-state index in [0.717, 1.165) is 16.8 Å². The van der Waals surface area contributed by atoms with Crippen molar-refractivity contribution in [1.82, 2.24) is 14.9 Å². The Morgan fingerprint density at radius 2 is 2.10 bits per heavy atom. The van der Waals surface area contributed by atoms with Crippen LogP contribution in [0.3, 0.4) is 0 Å². The lowest BCUT2D eigenvalue weighted by atomic mass is 10.2. The number of H-pyrrole nitrogens is 1. The second-order valence-electron chi connectivity index (χ2n) is 4.50. The summed E-state index contributed by atoms with van der Waals surface area (Å²) in [4.78, 5) is 0.140. The van der Waals surface area contributed by atoms with Gasteiger partial charge in [-0.25, -0.2) is 13.1 Å². The molecule has 108 valence electrons. The van der Waals surface area contributed by atoms with Crippen LogP contribution in [0.4, 0.5) is 0 Å². The maximum atomic E-state index is 12.3. The van der Waals surface area contributed by atoms with E-state index in [1.54, 1.807) is 24.4 Å². The first-order valence-electron chi connectivity index (χ1n) is 6.07. The highest BCUT2D eigenvalue weighted by molar-refractivity contribution is 7.89. The molecule has 0 saturated carbocycles. The fraction of sp³-hybridized carbons (Fsp3) is 0.308. The second-order valence-corrected chi connectivity index (χ2v) is 6.23. The zero-order chi connectivity index (χ0) is 14.8. The van der Waals surface area contributed by atoms with Crippen LogP contribution in [0.1, 0.15) is 16.8 Å². The summed E-state index contributed by atoms with van der Waals surface area (Å²) >= 11 is 0. The lowest BCUT2D eigenvalue weighted by Crippen LogP contribution is -2.24. The summed E-state index contributed by atoms with van der Waals surface area (Å²) in [5, 5.41) is 6.63. The van der Waals surface area contributed by atoms with Gasteiger partial charge >= 0.3 is 0 Å². The van der Waals surface area contributed by atoms with E-state index < -0.39 is 10.0 Å². The molecule has 7 heteroatoms. The van der Waals surface area contributed by atoms with Crippen LogP contribution in [0, 0.1) is 13.8 Å². The molecule has 0 aliphatic heterocycles. The topological polar surface area (TPSA) is 84.1 Å². The van der Waals surface area contributed by atoms with Crippen LogP contribution in [0.25, 0.3) is 0 Å². The molecule has 0 saturated heterocycles. The highest BCUT2D eigenvalue weighted by Gasteiger charge is 2.19. The number of aryl methyl sites for hydroxylation is 2. The van der Waals surface area contributed by atoms with Gasteiger partial charge in [-0.05, 0) is 31.5 Å². The summed E-state index contributed by atoms with van der Waals surface area (Å²) < 4.78 is 32.4. The van der Waals surface area contributed by atoms with Gasteiger partial charge in [0.05, 0.1) is 13.3 Å². The van der Waals surface area contributed by atoms with E-state index in [-0.39, 0.29) is 11.4 Å². The van der Waals surface area contributed by atoms with Crippen LogP contribution >= 0.6 is 0 Å². The SMILES string of the molecule is COc1ccc(C)cc1S(=O)(=O)NCc1cn[nH]c1C. The van der Waals surface area contributed by atoms with E-state index in [1.165, 1.54) is 7.11 Å². The van der Waals surface area contributed by atoms with Crippen molar-refractivity contribution in [2.24, 2.45) is 0 Å². The lowest BCUT2D eigenvalue weighted by molar-refractivity contribution is 0.402. The Morgan fingerprint density at radius 1 is 1.35 bits per heavy atom.